The molecule has 1 saturated heterocycles. The smallest absolute Gasteiger partial charge is 0.255 e. The maximum atomic E-state index is 13.2. The first kappa shape index (κ1) is 23.2. The number of benzene rings is 2. The molecule has 4 rings (SSSR count). The SMILES string of the molecule is COc1ccc(CNC(=O)c2cc(NC(=O)c3ccncc3)ccc2C2CNCCO2)cc1O. The molecule has 3 aromatic rings. The number of nitrogens with one attached hydrogen (secondary N) is 3. The molecule has 9 nitrogen and oxygen atoms in total. The van der Waals surface area contributed by atoms with Crippen LogP contribution in [0.1, 0.15) is 37.9 Å². The molecule has 1 aliphatic rings. The van der Waals surface area contributed by atoms with Gasteiger partial charge in [0.1, 0.15) is 0 Å². The van der Waals surface area contributed by atoms with Gasteiger partial charge in [-0.05, 0) is 47.5 Å². The summed E-state index contributed by atoms with van der Waals surface area (Å²) in [7, 11) is 1.47. The van der Waals surface area contributed by atoms with Gasteiger partial charge in [0.15, 0.2) is 11.5 Å². The zero-order valence-corrected chi connectivity index (χ0v) is 18.7. The molecule has 34 heavy (non-hydrogen) atoms. The number of pyridine rings is 1. The second-order valence-electron chi connectivity index (χ2n) is 7.74. The molecule has 0 bridgehead atoms. The van der Waals surface area contributed by atoms with E-state index in [9.17, 15) is 14.7 Å². The summed E-state index contributed by atoms with van der Waals surface area (Å²) < 4.78 is 10.9. The lowest BCUT2D eigenvalue weighted by Crippen LogP contribution is -2.35. The number of ether oxygens (including phenoxy) is 2. The number of anilines is 1. The predicted octanol–water partition coefficient (Wildman–Crippen LogP) is 2.64. The topological polar surface area (TPSA) is 122 Å². The fourth-order valence-corrected chi connectivity index (χ4v) is 3.71. The summed E-state index contributed by atoms with van der Waals surface area (Å²) in [5.74, 6) is -0.264. The molecule has 1 aliphatic heterocycles. The van der Waals surface area contributed by atoms with Crippen LogP contribution in [0.15, 0.2) is 60.9 Å². The summed E-state index contributed by atoms with van der Waals surface area (Å²) in [6, 6.07) is 13.4. The molecule has 1 fully saturated rings. The average molecular weight is 463 g/mol. The third kappa shape index (κ3) is 5.51. The molecule has 176 valence electrons. The summed E-state index contributed by atoms with van der Waals surface area (Å²) in [4.78, 5) is 29.7. The van der Waals surface area contributed by atoms with Crippen LogP contribution in [0.2, 0.25) is 0 Å². The second kappa shape index (κ2) is 10.8. The Morgan fingerprint density at radius 1 is 1.15 bits per heavy atom. The number of aromatic hydroxyl groups is 1. The lowest BCUT2D eigenvalue weighted by Gasteiger charge is -2.26. The van der Waals surface area contributed by atoms with Gasteiger partial charge < -0.3 is 30.5 Å². The Bertz CT molecular complexity index is 1160. The van der Waals surface area contributed by atoms with Crippen molar-refractivity contribution in [1.82, 2.24) is 15.6 Å². The number of phenolic OH excluding ortho intramolecular Hbond substituents is 1. The van der Waals surface area contributed by atoms with E-state index >= 15 is 0 Å². The van der Waals surface area contributed by atoms with E-state index in [1.54, 1.807) is 60.9 Å². The first-order valence-corrected chi connectivity index (χ1v) is 10.9. The number of carbonyl (C=O) groups excluding carboxylic acids is 2. The highest BCUT2D eigenvalue weighted by molar-refractivity contribution is 6.05. The van der Waals surface area contributed by atoms with Crippen LogP contribution in [0.4, 0.5) is 5.69 Å². The van der Waals surface area contributed by atoms with Crippen LogP contribution >= 0.6 is 0 Å². The highest BCUT2D eigenvalue weighted by atomic mass is 16.5. The number of rotatable bonds is 7. The van der Waals surface area contributed by atoms with Crippen LogP contribution in [-0.2, 0) is 11.3 Å². The van der Waals surface area contributed by atoms with Crippen molar-refractivity contribution in [2.45, 2.75) is 12.6 Å². The van der Waals surface area contributed by atoms with Crippen LogP contribution in [-0.4, -0.2) is 48.7 Å². The number of phenols is 1. The van der Waals surface area contributed by atoms with Crippen molar-refractivity contribution < 1.29 is 24.2 Å². The highest BCUT2D eigenvalue weighted by Gasteiger charge is 2.23. The van der Waals surface area contributed by atoms with Crippen LogP contribution in [0.25, 0.3) is 0 Å². The first-order chi connectivity index (χ1) is 16.5. The Morgan fingerprint density at radius 3 is 2.68 bits per heavy atom. The number of hydrogen-bond acceptors (Lipinski definition) is 7. The third-order valence-electron chi connectivity index (χ3n) is 5.47. The fourth-order valence-electron chi connectivity index (χ4n) is 3.71. The minimum Gasteiger partial charge on any atom is -0.504 e. The maximum absolute atomic E-state index is 13.2. The number of nitrogens with zero attached hydrogens (tertiary/aromatic N) is 1. The molecule has 1 atom stereocenters. The van der Waals surface area contributed by atoms with Crippen LogP contribution in [0.3, 0.4) is 0 Å². The van der Waals surface area contributed by atoms with Crippen molar-refractivity contribution in [3.8, 4) is 11.5 Å². The van der Waals surface area contributed by atoms with E-state index < -0.39 is 0 Å². The number of morpholine rings is 1. The van der Waals surface area contributed by atoms with Gasteiger partial charge in [-0.3, -0.25) is 14.6 Å². The minimum atomic E-state index is -0.320. The number of methoxy groups -OCH3 is 1. The molecule has 1 unspecified atom stereocenters. The lowest BCUT2D eigenvalue weighted by atomic mass is 9.99. The standard InChI is InChI=1S/C25H26N4O5/c1-33-22-5-2-16(12-21(22)30)14-28-25(32)20-13-18(29-24(31)17-6-8-26-9-7-17)3-4-19(20)23-15-27-10-11-34-23/h2-9,12-13,23,27,30H,10-11,14-15H2,1H3,(H,28,32)(H,29,31). The third-order valence-corrected chi connectivity index (χ3v) is 5.47. The molecule has 1 aromatic heterocycles. The molecular weight excluding hydrogens is 436 g/mol. The molecule has 9 heteroatoms. The van der Waals surface area contributed by atoms with Gasteiger partial charge in [-0.25, -0.2) is 0 Å². The van der Waals surface area contributed by atoms with E-state index in [4.69, 9.17) is 9.47 Å². The Morgan fingerprint density at radius 2 is 1.97 bits per heavy atom. The van der Waals surface area contributed by atoms with E-state index in [2.05, 4.69) is 20.9 Å². The Kier molecular flexibility index (Phi) is 7.36. The Balaban J connectivity index is 1.55. The molecule has 0 radical (unpaired) electrons. The normalized spacial score (nSPS) is 15.4. The van der Waals surface area contributed by atoms with Crippen LogP contribution < -0.4 is 20.7 Å². The van der Waals surface area contributed by atoms with E-state index in [-0.39, 0.29) is 30.2 Å². The molecular formula is C25H26N4O5. The van der Waals surface area contributed by atoms with Crippen molar-refractivity contribution in [3.05, 3.63) is 83.2 Å². The molecule has 0 saturated carbocycles. The number of amides is 2. The summed E-state index contributed by atoms with van der Waals surface area (Å²) in [5.41, 5.74) is 2.79. The summed E-state index contributed by atoms with van der Waals surface area (Å²) >= 11 is 0. The quantitative estimate of drug-likeness (QED) is 0.426. The molecule has 2 heterocycles. The van der Waals surface area contributed by atoms with Gasteiger partial charge in [-0.1, -0.05) is 12.1 Å². The van der Waals surface area contributed by atoms with Gasteiger partial charge in [0.2, 0.25) is 0 Å². The van der Waals surface area contributed by atoms with E-state index in [0.717, 1.165) is 12.1 Å². The zero-order valence-electron chi connectivity index (χ0n) is 18.7. The van der Waals surface area contributed by atoms with Crippen LogP contribution in [0, 0.1) is 0 Å². The van der Waals surface area contributed by atoms with E-state index in [1.807, 2.05) is 0 Å². The highest BCUT2D eigenvalue weighted by Crippen LogP contribution is 2.28. The van der Waals surface area contributed by atoms with E-state index in [1.165, 1.54) is 7.11 Å². The van der Waals surface area contributed by atoms with Gasteiger partial charge in [-0.2, -0.15) is 0 Å². The second-order valence-corrected chi connectivity index (χ2v) is 7.74. The lowest BCUT2D eigenvalue weighted by molar-refractivity contribution is 0.0270. The average Bonchev–Trinajstić information content (AvgIpc) is 2.88. The monoisotopic (exact) mass is 462 g/mol. The van der Waals surface area contributed by atoms with Gasteiger partial charge >= 0.3 is 0 Å². The minimum absolute atomic E-state index is 0.00237. The first-order valence-electron chi connectivity index (χ1n) is 10.9. The Hall–Kier alpha value is -3.95. The van der Waals surface area contributed by atoms with Crippen molar-refractivity contribution in [1.29, 1.82) is 0 Å². The fraction of sp³-hybridized carbons (Fsp3) is 0.240. The molecule has 0 spiro atoms. The Labute approximate surface area is 197 Å². The zero-order chi connectivity index (χ0) is 23.9. The van der Waals surface area contributed by atoms with Crippen LogP contribution in [0.5, 0.6) is 11.5 Å². The molecule has 2 aromatic carbocycles. The van der Waals surface area contributed by atoms with Crippen molar-refractivity contribution in [2.75, 3.05) is 32.1 Å². The predicted molar refractivity (Wildman–Crippen MR) is 126 cm³/mol. The number of hydrogen-bond donors (Lipinski definition) is 4. The molecule has 4 N–H and O–H groups in total. The summed E-state index contributed by atoms with van der Waals surface area (Å²) in [5, 5.41) is 19.0. The van der Waals surface area contributed by atoms with Gasteiger partial charge in [0.25, 0.3) is 11.8 Å². The largest absolute Gasteiger partial charge is 0.504 e. The van der Waals surface area contributed by atoms with Gasteiger partial charge in [-0.15, -0.1) is 0 Å². The summed E-state index contributed by atoms with van der Waals surface area (Å²) in [6.45, 7) is 2.07. The molecule has 2 amide bonds. The van der Waals surface area contributed by atoms with Gasteiger partial charge in [0.05, 0.1) is 19.8 Å². The number of aromatic nitrogens is 1. The van der Waals surface area contributed by atoms with Crippen molar-refractivity contribution >= 4 is 17.5 Å². The maximum Gasteiger partial charge on any atom is 0.255 e. The van der Waals surface area contributed by atoms with Crippen molar-refractivity contribution in [3.63, 3.8) is 0 Å². The summed E-state index contributed by atoms with van der Waals surface area (Å²) in [6.07, 6.45) is 2.80. The number of carbonyl (C=O) groups is 2. The van der Waals surface area contributed by atoms with Crippen molar-refractivity contribution in [2.24, 2.45) is 0 Å². The molecule has 0 aliphatic carbocycles. The van der Waals surface area contributed by atoms with E-state index in [0.29, 0.717) is 41.3 Å². The van der Waals surface area contributed by atoms with Gasteiger partial charge in [0, 0.05) is 48.8 Å².